The molecule has 1 heterocycles. The first-order valence-electron chi connectivity index (χ1n) is 4.98. The van der Waals surface area contributed by atoms with Crippen molar-refractivity contribution >= 4 is 11.7 Å². The van der Waals surface area contributed by atoms with E-state index in [1.807, 2.05) is 0 Å². The highest BCUT2D eigenvalue weighted by Gasteiger charge is 2.13. The fraction of sp³-hybridized carbons (Fsp3) is 0.500. The molecular formula is C10H16N4O2. The van der Waals surface area contributed by atoms with Crippen LogP contribution in [0.3, 0.4) is 0 Å². The number of methoxy groups -OCH3 is 1. The summed E-state index contributed by atoms with van der Waals surface area (Å²) in [7, 11) is 1.64. The molecule has 0 aliphatic rings. The van der Waals surface area contributed by atoms with Crippen LogP contribution in [0.2, 0.25) is 0 Å². The molecule has 6 nitrogen and oxygen atoms in total. The highest BCUT2D eigenvalue weighted by atomic mass is 16.5. The van der Waals surface area contributed by atoms with Gasteiger partial charge in [-0.1, -0.05) is 0 Å². The number of nitrogens with zero attached hydrogens (tertiary/aromatic N) is 2. The van der Waals surface area contributed by atoms with Crippen molar-refractivity contribution in [3.05, 3.63) is 17.1 Å². The Bertz CT molecular complexity index is 369. The quantitative estimate of drug-likeness (QED) is 0.687. The summed E-state index contributed by atoms with van der Waals surface area (Å²) in [5.41, 5.74) is 11.5. The summed E-state index contributed by atoms with van der Waals surface area (Å²) in [4.78, 5) is 19.3. The van der Waals surface area contributed by atoms with Crippen LogP contribution < -0.4 is 11.5 Å². The molecule has 0 aromatic carbocycles. The van der Waals surface area contributed by atoms with Gasteiger partial charge in [0, 0.05) is 20.1 Å². The molecule has 0 atom stereocenters. The predicted octanol–water partition coefficient (Wildman–Crippen LogP) is 0.0451. The maximum absolute atomic E-state index is 11.1. The van der Waals surface area contributed by atoms with Crippen molar-refractivity contribution in [2.24, 2.45) is 5.73 Å². The first kappa shape index (κ1) is 12.4. The van der Waals surface area contributed by atoms with Gasteiger partial charge in [-0.3, -0.25) is 4.79 Å². The largest absolute Gasteiger partial charge is 0.385 e. The summed E-state index contributed by atoms with van der Waals surface area (Å²) in [6.45, 7) is 2.33. The Morgan fingerprint density at radius 1 is 1.44 bits per heavy atom. The Hall–Kier alpha value is -1.69. The number of rotatable bonds is 5. The predicted molar refractivity (Wildman–Crippen MR) is 59.9 cm³/mol. The Labute approximate surface area is 94.0 Å². The van der Waals surface area contributed by atoms with Crippen molar-refractivity contribution < 1.29 is 9.53 Å². The Kier molecular flexibility index (Phi) is 4.19. The van der Waals surface area contributed by atoms with Crippen LogP contribution in [-0.2, 0) is 11.2 Å². The number of ether oxygens (including phenoxy) is 1. The zero-order valence-corrected chi connectivity index (χ0v) is 9.49. The molecule has 16 heavy (non-hydrogen) atoms. The molecule has 0 fully saturated rings. The second-order valence-corrected chi connectivity index (χ2v) is 3.45. The van der Waals surface area contributed by atoms with Gasteiger partial charge >= 0.3 is 0 Å². The standard InChI is InChI=1S/C10H16N4O2/c1-6-8(10(12)15)9(11)14-7(13-6)4-3-5-16-2/h3-5H2,1-2H3,(H2,12,15)(H2,11,13,14). The number of aromatic nitrogens is 2. The first-order chi connectivity index (χ1) is 7.56. The van der Waals surface area contributed by atoms with Gasteiger partial charge in [0.2, 0.25) is 0 Å². The van der Waals surface area contributed by atoms with E-state index in [2.05, 4.69) is 9.97 Å². The smallest absolute Gasteiger partial charge is 0.254 e. The van der Waals surface area contributed by atoms with Crippen LogP contribution in [0.5, 0.6) is 0 Å². The molecule has 0 saturated carbocycles. The van der Waals surface area contributed by atoms with E-state index in [1.54, 1.807) is 14.0 Å². The molecule has 0 unspecified atom stereocenters. The van der Waals surface area contributed by atoms with E-state index >= 15 is 0 Å². The van der Waals surface area contributed by atoms with Crippen LogP contribution >= 0.6 is 0 Å². The van der Waals surface area contributed by atoms with Gasteiger partial charge in [-0.25, -0.2) is 9.97 Å². The molecule has 0 bridgehead atoms. The van der Waals surface area contributed by atoms with E-state index in [9.17, 15) is 4.79 Å². The summed E-state index contributed by atoms with van der Waals surface area (Å²) in [6.07, 6.45) is 1.48. The molecular weight excluding hydrogens is 208 g/mol. The molecule has 88 valence electrons. The second kappa shape index (κ2) is 5.41. The lowest BCUT2D eigenvalue weighted by Gasteiger charge is -2.07. The molecule has 0 aliphatic carbocycles. The second-order valence-electron chi connectivity index (χ2n) is 3.45. The van der Waals surface area contributed by atoms with Crippen molar-refractivity contribution in [2.75, 3.05) is 19.5 Å². The number of carbonyl (C=O) groups is 1. The first-order valence-corrected chi connectivity index (χ1v) is 4.98. The SMILES string of the molecule is COCCCc1nc(C)c(C(N)=O)c(N)n1. The average molecular weight is 224 g/mol. The molecule has 1 aromatic heterocycles. The van der Waals surface area contributed by atoms with Gasteiger partial charge in [-0.2, -0.15) is 0 Å². The third-order valence-electron chi connectivity index (χ3n) is 2.16. The molecule has 6 heteroatoms. The third-order valence-corrected chi connectivity index (χ3v) is 2.16. The molecule has 0 radical (unpaired) electrons. The summed E-state index contributed by atoms with van der Waals surface area (Å²) in [5, 5.41) is 0. The minimum absolute atomic E-state index is 0.146. The monoisotopic (exact) mass is 224 g/mol. The Morgan fingerprint density at radius 3 is 2.62 bits per heavy atom. The van der Waals surface area contributed by atoms with E-state index in [1.165, 1.54) is 0 Å². The van der Waals surface area contributed by atoms with E-state index in [0.717, 1.165) is 6.42 Å². The van der Waals surface area contributed by atoms with Crippen LogP contribution in [-0.4, -0.2) is 29.6 Å². The molecule has 0 spiro atoms. The number of primary amides is 1. The Morgan fingerprint density at radius 2 is 2.12 bits per heavy atom. The number of nitrogens with two attached hydrogens (primary N) is 2. The van der Waals surface area contributed by atoms with Crippen molar-refractivity contribution in [1.29, 1.82) is 0 Å². The molecule has 1 amide bonds. The lowest BCUT2D eigenvalue weighted by molar-refractivity contribution is 0.1000. The number of nitrogen functional groups attached to an aromatic ring is 1. The number of hydrogen-bond acceptors (Lipinski definition) is 5. The van der Waals surface area contributed by atoms with Gasteiger partial charge in [0.25, 0.3) is 5.91 Å². The van der Waals surface area contributed by atoms with Gasteiger partial charge in [0.05, 0.1) is 5.69 Å². The summed E-state index contributed by atoms with van der Waals surface area (Å²) < 4.78 is 4.93. The molecule has 4 N–H and O–H groups in total. The van der Waals surface area contributed by atoms with Crippen LogP contribution in [0.1, 0.15) is 28.3 Å². The van der Waals surface area contributed by atoms with Gasteiger partial charge in [0.1, 0.15) is 17.2 Å². The van der Waals surface area contributed by atoms with E-state index < -0.39 is 5.91 Å². The third kappa shape index (κ3) is 2.90. The van der Waals surface area contributed by atoms with Crippen LogP contribution in [0.25, 0.3) is 0 Å². The van der Waals surface area contributed by atoms with Crippen LogP contribution in [0.15, 0.2) is 0 Å². The maximum atomic E-state index is 11.1. The highest BCUT2D eigenvalue weighted by Crippen LogP contribution is 2.12. The topological polar surface area (TPSA) is 104 Å². The van der Waals surface area contributed by atoms with Gasteiger partial charge in [-0.05, 0) is 13.3 Å². The summed E-state index contributed by atoms with van der Waals surface area (Å²) in [5.74, 6) is 0.155. The average Bonchev–Trinajstić information content (AvgIpc) is 2.16. The van der Waals surface area contributed by atoms with Gasteiger partial charge in [-0.15, -0.1) is 0 Å². The van der Waals surface area contributed by atoms with Crippen molar-refractivity contribution in [3.63, 3.8) is 0 Å². The zero-order valence-electron chi connectivity index (χ0n) is 9.49. The van der Waals surface area contributed by atoms with Crippen LogP contribution in [0.4, 0.5) is 5.82 Å². The van der Waals surface area contributed by atoms with Crippen molar-refractivity contribution in [2.45, 2.75) is 19.8 Å². The van der Waals surface area contributed by atoms with E-state index in [-0.39, 0.29) is 11.4 Å². The molecule has 0 aliphatic heterocycles. The summed E-state index contributed by atoms with van der Waals surface area (Å²) >= 11 is 0. The minimum Gasteiger partial charge on any atom is -0.385 e. The number of amides is 1. The molecule has 1 aromatic rings. The lowest BCUT2D eigenvalue weighted by Crippen LogP contribution is -2.18. The normalized spacial score (nSPS) is 10.4. The number of anilines is 1. The van der Waals surface area contributed by atoms with Crippen molar-refractivity contribution in [1.82, 2.24) is 9.97 Å². The zero-order chi connectivity index (χ0) is 12.1. The summed E-state index contributed by atoms with van der Waals surface area (Å²) in [6, 6.07) is 0. The van der Waals surface area contributed by atoms with Gasteiger partial charge < -0.3 is 16.2 Å². The fourth-order valence-electron chi connectivity index (χ4n) is 1.45. The fourth-order valence-corrected chi connectivity index (χ4v) is 1.45. The van der Waals surface area contributed by atoms with Gasteiger partial charge in [0.15, 0.2) is 0 Å². The van der Waals surface area contributed by atoms with E-state index in [0.29, 0.717) is 24.5 Å². The molecule has 1 rings (SSSR count). The molecule has 0 saturated heterocycles. The Balaban J connectivity index is 2.87. The maximum Gasteiger partial charge on any atom is 0.254 e. The number of aryl methyl sites for hydroxylation is 2. The number of carbonyl (C=O) groups excluding carboxylic acids is 1. The number of hydrogen-bond donors (Lipinski definition) is 2. The highest BCUT2D eigenvalue weighted by molar-refractivity contribution is 5.98. The van der Waals surface area contributed by atoms with Crippen LogP contribution in [0, 0.1) is 6.92 Å². The minimum atomic E-state index is -0.599. The van der Waals surface area contributed by atoms with E-state index in [4.69, 9.17) is 16.2 Å². The van der Waals surface area contributed by atoms with Crippen molar-refractivity contribution in [3.8, 4) is 0 Å². The lowest BCUT2D eigenvalue weighted by atomic mass is 10.2.